The summed E-state index contributed by atoms with van der Waals surface area (Å²) in [6.45, 7) is 3.93. The van der Waals surface area contributed by atoms with E-state index in [4.69, 9.17) is 16.3 Å². The van der Waals surface area contributed by atoms with Crippen LogP contribution in [-0.4, -0.2) is 47.5 Å². The smallest absolute Gasteiger partial charge is 0.251 e. The van der Waals surface area contributed by atoms with Gasteiger partial charge in [-0.3, -0.25) is 9.59 Å². The molecule has 1 aromatic carbocycles. The second-order valence-electron chi connectivity index (χ2n) is 7.63. The largest absolute Gasteiger partial charge is 0.495 e. The number of nitrogens with one attached hydrogen (secondary N) is 4. The fraction of sp³-hybridized carbons (Fsp3) is 0.455. The summed E-state index contributed by atoms with van der Waals surface area (Å²) in [4.78, 5) is 32.4. The molecule has 172 valence electrons. The van der Waals surface area contributed by atoms with Gasteiger partial charge in [0.1, 0.15) is 10.8 Å². The first-order valence-corrected chi connectivity index (χ1v) is 11.1. The van der Waals surface area contributed by atoms with E-state index in [1.54, 1.807) is 18.2 Å². The second-order valence-corrected chi connectivity index (χ2v) is 8.04. The van der Waals surface area contributed by atoms with Crippen LogP contribution in [0.2, 0.25) is 5.02 Å². The quantitative estimate of drug-likeness (QED) is 0.476. The first-order chi connectivity index (χ1) is 15.4. The first-order valence-electron chi connectivity index (χ1n) is 10.7. The average Bonchev–Trinajstić information content (AvgIpc) is 2.77. The van der Waals surface area contributed by atoms with Crippen molar-refractivity contribution < 1.29 is 14.3 Å². The van der Waals surface area contributed by atoms with Crippen LogP contribution in [0.25, 0.3) is 0 Å². The molecule has 2 atom stereocenters. The van der Waals surface area contributed by atoms with E-state index in [0.717, 1.165) is 25.7 Å². The lowest BCUT2D eigenvalue weighted by atomic mass is 9.90. The average molecular weight is 461 g/mol. The van der Waals surface area contributed by atoms with Crippen molar-refractivity contribution in [1.82, 2.24) is 20.6 Å². The summed E-state index contributed by atoms with van der Waals surface area (Å²) < 4.78 is 5.43. The Morgan fingerprint density at radius 2 is 1.97 bits per heavy atom. The summed E-state index contributed by atoms with van der Waals surface area (Å²) in [5.74, 6) is 1.08. The molecule has 1 saturated carbocycles. The van der Waals surface area contributed by atoms with Gasteiger partial charge < -0.3 is 26.0 Å². The molecule has 0 bridgehead atoms. The minimum Gasteiger partial charge on any atom is -0.495 e. The molecule has 10 heteroatoms. The molecule has 2 amide bonds. The highest BCUT2D eigenvalue weighted by molar-refractivity contribution is 6.32. The van der Waals surface area contributed by atoms with Gasteiger partial charge in [0.15, 0.2) is 5.82 Å². The number of nitrogens with zero attached hydrogens (tertiary/aromatic N) is 2. The van der Waals surface area contributed by atoms with E-state index in [-0.39, 0.29) is 23.9 Å². The van der Waals surface area contributed by atoms with Crippen LogP contribution in [0.4, 0.5) is 17.5 Å². The van der Waals surface area contributed by atoms with Crippen LogP contribution < -0.4 is 26.0 Å². The lowest BCUT2D eigenvalue weighted by molar-refractivity contribution is -0.119. The fourth-order valence-electron chi connectivity index (χ4n) is 3.76. The highest BCUT2D eigenvalue weighted by Crippen LogP contribution is 2.30. The molecule has 1 heterocycles. The van der Waals surface area contributed by atoms with Gasteiger partial charge in [-0.25, -0.2) is 4.98 Å². The van der Waals surface area contributed by atoms with Gasteiger partial charge >= 0.3 is 0 Å². The molecule has 1 aromatic heterocycles. The summed E-state index contributed by atoms with van der Waals surface area (Å²) in [6.07, 6.45) is 5.46. The summed E-state index contributed by atoms with van der Waals surface area (Å²) in [7, 11) is 1.53. The Kier molecular flexibility index (Phi) is 8.10. The van der Waals surface area contributed by atoms with Crippen molar-refractivity contribution in [3.05, 3.63) is 35.0 Å². The van der Waals surface area contributed by atoms with Crippen molar-refractivity contribution in [2.45, 2.75) is 51.6 Å². The topological polar surface area (TPSA) is 117 Å². The maximum absolute atomic E-state index is 12.1. The highest BCUT2D eigenvalue weighted by Gasteiger charge is 2.26. The molecule has 1 aliphatic rings. The van der Waals surface area contributed by atoms with E-state index in [9.17, 15) is 9.59 Å². The number of carbonyl (C=O) groups excluding carboxylic acids is 2. The van der Waals surface area contributed by atoms with Crippen molar-refractivity contribution >= 4 is 40.9 Å². The Morgan fingerprint density at radius 3 is 2.66 bits per heavy atom. The number of anilines is 3. The van der Waals surface area contributed by atoms with Crippen LogP contribution >= 0.6 is 11.6 Å². The SMILES string of the molecule is CCNC(=O)c1ccc(Nc2ncc(Cl)c(NC3CCCCC3NC(C)=O)n2)c(OC)c1. The van der Waals surface area contributed by atoms with E-state index in [0.29, 0.717) is 40.3 Å². The van der Waals surface area contributed by atoms with Crippen molar-refractivity contribution in [3.63, 3.8) is 0 Å². The number of ether oxygens (including phenoxy) is 1. The van der Waals surface area contributed by atoms with Crippen molar-refractivity contribution in [3.8, 4) is 5.75 Å². The zero-order valence-electron chi connectivity index (χ0n) is 18.5. The molecule has 1 fully saturated rings. The standard InChI is InChI=1S/C22H29ClN6O3/c1-4-24-21(31)14-9-10-18(19(11-14)32-3)28-22-25-12-15(23)20(29-22)27-17-8-6-5-7-16(17)26-13(2)30/h9-12,16-17H,4-8H2,1-3H3,(H,24,31)(H,26,30)(H2,25,27,28,29). The number of hydrogen-bond donors (Lipinski definition) is 4. The molecule has 0 radical (unpaired) electrons. The Bertz CT molecular complexity index is 971. The minimum absolute atomic E-state index is 0.0191. The number of rotatable bonds is 8. The maximum Gasteiger partial charge on any atom is 0.251 e. The summed E-state index contributed by atoms with van der Waals surface area (Å²) in [5.41, 5.74) is 1.11. The molecule has 32 heavy (non-hydrogen) atoms. The van der Waals surface area contributed by atoms with Gasteiger partial charge in [0, 0.05) is 31.1 Å². The van der Waals surface area contributed by atoms with E-state index >= 15 is 0 Å². The number of carbonyl (C=O) groups is 2. The van der Waals surface area contributed by atoms with Gasteiger partial charge in [-0.2, -0.15) is 4.98 Å². The van der Waals surface area contributed by atoms with Crippen molar-refractivity contribution in [2.75, 3.05) is 24.3 Å². The van der Waals surface area contributed by atoms with E-state index in [2.05, 4.69) is 31.2 Å². The monoisotopic (exact) mass is 460 g/mol. The molecular weight excluding hydrogens is 432 g/mol. The van der Waals surface area contributed by atoms with Crippen LogP contribution in [0, 0.1) is 0 Å². The second kappa shape index (κ2) is 11.0. The van der Waals surface area contributed by atoms with Gasteiger partial charge in [-0.15, -0.1) is 0 Å². The molecular formula is C22H29ClN6O3. The fourth-order valence-corrected chi connectivity index (χ4v) is 3.91. The predicted octanol–water partition coefficient (Wildman–Crippen LogP) is 3.49. The number of aromatic nitrogens is 2. The van der Waals surface area contributed by atoms with E-state index in [1.807, 2.05) is 6.92 Å². The van der Waals surface area contributed by atoms with Crippen LogP contribution in [-0.2, 0) is 4.79 Å². The minimum atomic E-state index is -0.173. The summed E-state index contributed by atoms with van der Waals surface area (Å²) in [5, 5.41) is 12.7. The third-order valence-electron chi connectivity index (χ3n) is 5.27. The third kappa shape index (κ3) is 6.00. The van der Waals surface area contributed by atoms with Gasteiger partial charge in [0.25, 0.3) is 5.91 Å². The van der Waals surface area contributed by atoms with Crippen molar-refractivity contribution in [1.29, 1.82) is 0 Å². The molecule has 1 aliphatic carbocycles. The molecule has 2 aromatic rings. The van der Waals surface area contributed by atoms with E-state index in [1.165, 1.54) is 20.2 Å². The number of methoxy groups -OCH3 is 1. The number of amides is 2. The van der Waals surface area contributed by atoms with E-state index < -0.39 is 0 Å². The summed E-state index contributed by atoms with van der Waals surface area (Å²) in [6, 6.07) is 5.14. The molecule has 9 nitrogen and oxygen atoms in total. The predicted molar refractivity (Wildman–Crippen MR) is 125 cm³/mol. The van der Waals surface area contributed by atoms with Gasteiger partial charge in [-0.05, 0) is 38.0 Å². The van der Waals surface area contributed by atoms with Crippen LogP contribution in [0.5, 0.6) is 5.75 Å². The van der Waals surface area contributed by atoms with Crippen LogP contribution in [0.15, 0.2) is 24.4 Å². The normalized spacial score (nSPS) is 17.9. The summed E-state index contributed by atoms with van der Waals surface area (Å²) >= 11 is 6.34. The lowest BCUT2D eigenvalue weighted by Gasteiger charge is -2.33. The zero-order valence-corrected chi connectivity index (χ0v) is 19.3. The van der Waals surface area contributed by atoms with Crippen LogP contribution in [0.3, 0.4) is 0 Å². The molecule has 0 aliphatic heterocycles. The Hall–Kier alpha value is -3.07. The zero-order chi connectivity index (χ0) is 23.1. The Morgan fingerprint density at radius 1 is 1.22 bits per heavy atom. The maximum atomic E-state index is 12.1. The van der Waals surface area contributed by atoms with Gasteiger partial charge in [0.2, 0.25) is 11.9 Å². The van der Waals surface area contributed by atoms with Gasteiger partial charge in [-0.1, -0.05) is 24.4 Å². The van der Waals surface area contributed by atoms with Gasteiger partial charge in [0.05, 0.1) is 19.0 Å². The third-order valence-corrected chi connectivity index (χ3v) is 5.54. The first kappa shape index (κ1) is 23.6. The molecule has 2 unspecified atom stereocenters. The lowest BCUT2D eigenvalue weighted by Crippen LogP contribution is -2.48. The van der Waals surface area contributed by atoms with Crippen LogP contribution in [0.1, 0.15) is 49.9 Å². The molecule has 4 N–H and O–H groups in total. The Balaban J connectivity index is 1.78. The molecule has 3 rings (SSSR count). The highest BCUT2D eigenvalue weighted by atomic mass is 35.5. The molecule has 0 spiro atoms. The number of benzene rings is 1. The number of hydrogen-bond acceptors (Lipinski definition) is 7. The Labute approximate surface area is 192 Å². The van der Waals surface area contributed by atoms with Crippen molar-refractivity contribution in [2.24, 2.45) is 0 Å². The molecule has 0 saturated heterocycles. The number of halogens is 1.